The van der Waals surface area contributed by atoms with Gasteiger partial charge in [0.15, 0.2) is 11.5 Å². The third-order valence-corrected chi connectivity index (χ3v) is 6.52. The molecule has 200 valence electrons. The summed E-state index contributed by atoms with van der Waals surface area (Å²) in [5.74, 6) is -4.82. The number of likely N-dealkylation sites (N-methyl/N-ethyl adjacent to an activating group) is 1. The molecule has 0 spiro atoms. The molecule has 7 nitrogen and oxygen atoms in total. The highest BCUT2D eigenvalue weighted by Crippen LogP contribution is 2.35. The summed E-state index contributed by atoms with van der Waals surface area (Å²) in [5.41, 5.74) is -1.17. The van der Waals surface area contributed by atoms with Crippen molar-refractivity contribution in [3.05, 3.63) is 47.0 Å². The van der Waals surface area contributed by atoms with Crippen molar-refractivity contribution in [2.24, 2.45) is 0 Å². The maximum atomic E-state index is 13.8. The fourth-order valence-electron chi connectivity index (χ4n) is 4.56. The number of piperidine rings is 1. The van der Waals surface area contributed by atoms with Crippen molar-refractivity contribution in [1.82, 2.24) is 25.1 Å². The van der Waals surface area contributed by atoms with E-state index in [-0.39, 0.29) is 61.5 Å². The topological polar surface area (TPSA) is 78.4 Å². The minimum absolute atomic E-state index is 0.00745. The first-order chi connectivity index (χ1) is 17.4. The zero-order valence-electron chi connectivity index (χ0n) is 19.9. The molecule has 1 N–H and O–H groups in total. The lowest BCUT2D eigenvalue weighted by molar-refractivity contribution is -0.148. The second-order valence-electron chi connectivity index (χ2n) is 9.21. The van der Waals surface area contributed by atoms with E-state index in [1.165, 1.54) is 24.1 Å². The molecule has 2 amide bonds. The Labute approximate surface area is 208 Å². The Morgan fingerprint density at radius 1 is 1.22 bits per heavy atom. The van der Waals surface area contributed by atoms with Crippen molar-refractivity contribution in [2.45, 2.75) is 50.4 Å². The number of alkyl halides is 5. The van der Waals surface area contributed by atoms with Crippen LogP contribution in [0.4, 0.5) is 26.3 Å². The van der Waals surface area contributed by atoms with Gasteiger partial charge >= 0.3 is 6.18 Å². The summed E-state index contributed by atoms with van der Waals surface area (Å²) in [5, 5.41) is 2.86. The minimum Gasteiger partial charge on any atom is -0.336 e. The van der Waals surface area contributed by atoms with E-state index in [1.54, 1.807) is 0 Å². The van der Waals surface area contributed by atoms with E-state index in [4.69, 9.17) is 0 Å². The number of hydrogen-bond acceptors (Lipinski definition) is 5. The number of amides is 2. The van der Waals surface area contributed by atoms with Gasteiger partial charge in [-0.1, -0.05) is 12.1 Å². The van der Waals surface area contributed by atoms with Gasteiger partial charge < -0.3 is 15.1 Å². The Morgan fingerprint density at radius 3 is 2.65 bits per heavy atom. The number of rotatable bonds is 6. The fourth-order valence-corrected chi connectivity index (χ4v) is 4.56. The van der Waals surface area contributed by atoms with Gasteiger partial charge in [-0.15, -0.1) is 0 Å². The lowest BCUT2D eigenvalue weighted by atomic mass is 10.0. The molecule has 0 saturated carbocycles. The first kappa shape index (κ1) is 26.8. The van der Waals surface area contributed by atoms with Gasteiger partial charge in [-0.3, -0.25) is 9.59 Å². The Morgan fingerprint density at radius 2 is 1.97 bits per heavy atom. The smallest absolute Gasteiger partial charge is 0.336 e. The van der Waals surface area contributed by atoms with Gasteiger partial charge in [-0.2, -0.15) is 13.2 Å². The van der Waals surface area contributed by atoms with E-state index in [9.17, 15) is 35.9 Å². The molecule has 0 unspecified atom stereocenters. The molecule has 2 aliphatic rings. The molecule has 37 heavy (non-hydrogen) atoms. The summed E-state index contributed by atoms with van der Waals surface area (Å²) in [6.07, 6.45) is -5.87. The molecule has 2 aromatic rings. The lowest BCUT2D eigenvalue weighted by Gasteiger charge is -2.35. The number of halogens is 6. The SMILES string of the molecule is CN[C@@H](CC(=O)N1CCc2c(nc(-c3cccc(F)c3)nc2C(F)(F)F)C1)CN1CC(F)(F)CCC1=O. The Bertz CT molecular complexity index is 1190. The average Bonchev–Trinajstić information content (AvgIpc) is 2.84. The number of carbonyl (C=O) groups excluding carboxylic acids is 2. The largest absolute Gasteiger partial charge is 0.433 e. The standard InChI is InChI=1S/C24H25F6N5O2/c1-31-16(11-35-13-23(26,27)7-5-19(35)36)10-20(37)34-8-6-17-18(12-34)32-22(33-21(17)24(28,29)30)14-3-2-4-15(25)9-14/h2-4,9,16,31H,5-8,10-13H2,1H3/t16-/m0/s1. The Hall–Kier alpha value is -3.22. The second kappa shape index (κ2) is 10.3. The number of hydrogen-bond donors (Lipinski definition) is 1. The van der Waals surface area contributed by atoms with Gasteiger partial charge in [-0.25, -0.2) is 23.1 Å². The molecule has 1 atom stereocenters. The van der Waals surface area contributed by atoms with Crippen LogP contribution in [0.1, 0.15) is 36.2 Å². The van der Waals surface area contributed by atoms with E-state index in [1.807, 2.05) is 0 Å². The van der Waals surface area contributed by atoms with E-state index in [0.29, 0.717) is 0 Å². The van der Waals surface area contributed by atoms with Crippen LogP contribution in [0.5, 0.6) is 0 Å². The van der Waals surface area contributed by atoms with Crippen molar-refractivity contribution in [3.8, 4) is 11.4 Å². The van der Waals surface area contributed by atoms with Gasteiger partial charge in [0.2, 0.25) is 11.8 Å². The molecule has 0 aliphatic carbocycles. The maximum absolute atomic E-state index is 13.8. The summed E-state index contributed by atoms with van der Waals surface area (Å²) in [6, 6.07) is 4.25. The quantitative estimate of drug-likeness (QED) is 0.581. The highest BCUT2D eigenvalue weighted by Gasteiger charge is 2.41. The highest BCUT2D eigenvalue weighted by molar-refractivity contribution is 5.79. The minimum atomic E-state index is -4.78. The van der Waals surface area contributed by atoms with Gasteiger partial charge in [0.25, 0.3) is 5.92 Å². The molecule has 13 heteroatoms. The van der Waals surface area contributed by atoms with Crippen LogP contribution in [0, 0.1) is 5.82 Å². The lowest BCUT2D eigenvalue weighted by Crippen LogP contribution is -2.52. The van der Waals surface area contributed by atoms with Crippen molar-refractivity contribution < 1.29 is 35.9 Å². The summed E-state index contributed by atoms with van der Waals surface area (Å²) >= 11 is 0. The number of aromatic nitrogens is 2. The Balaban J connectivity index is 1.53. The monoisotopic (exact) mass is 529 g/mol. The van der Waals surface area contributed by atoms with E-state index in [0.717, 1.165) is 17.0 Å². The van der Waals surface area contributed by atoms with Gasteiger partial charge in [-0.05, 0) is 25.6 Å². The molecular formula is C24H25F6N5O2. The number of benzene rings is 1. The predicted molar refractivity (Wildman–Crippen MR) is 120 cm³/mol. The fraction of sp³-hybridized carbons (Fsp3) is 0.500. The summed E-state index contributed by atoms with van der Waals surface area (Å²) in [4.78, 5) is 35.4. The number of carbonyl (C=O) groups is 2. The van der Waals surface area contributed by atoms with Crippen molar-refractivity contribution in [2.75, 3.05) is 26.7 Å². The number of nitrogens with one attached hydrogen (secondary N) is 1. The third-order valence-electron chi connectivity index (χ3n) is 6.52. The van der Waals surface area contributed by atoms with Crippen molar-refractivity contribution in [1.29, 1.82) is 0 Å². The van der Waals surface area contributed by atoms with Crippen molar-refractivity contribution >= 4 is 11.8 Å². The molecule has 1 aromatic heterocycles. The molecule has 0 radical (unpaired) electrons. The second-order valence-corrected chi connectivity index (χ2v) is 9.21. The van der Waals surface area contributed by atoms with Crippen LogP contribution >= 0.6 is 0 Å². The van der Waals surface area contributed by atoms with Gasteiger partial charge in [0.05, 0.1) is 18.8 Å². The van der Waals surface area contributed by atoms with Crippen LogP contribution in [-0.2, 0) is 28.7 Å². The molecular weight excluding hydrogens is 504 g/mol. The van der Waals surface area contributed by atoms with Gasteiger partial charge in [0, 0.05) is 49.5 Å². The summed E-state index contributed by atoms with van der Waals surface area (Å²) < 4.78 is 82.6. The van der Waals surface area contributed by atoms with Crippen LogP contribution in [0.3, 0.4) is 0 Å². The predicted octanol–water partition coefficient (Wildman–Crippen LogP) is 3.42. The van der Waals surface area contributed by atoms with Crippen LogP contribution in [0.2, 0.25) is 0 Å². The zero-order chi connectivity index (χ0) is 27.0. The molecule has 4 rings (SSSR count). The third kappa shape index (κ3) is 6.20. The van der Waals surface area contributed by atoms with Crippen LogP contribution in [0.25, 0.3) is 11.4 Å². The highest BCUT2D eigenvalue weighted by atomic mass is 19.4. The van der Waals surface area contributed by atoms with Crippen LogP contribution in [-0.4, -0.2) is 70.2 Å². The molecule has 1 saturated heterocycles. The molecule has 2 aliphatic heterocycles. The van der Waals surface area contributed by atoms with E-state index >= 15 is 0 Å². The Kier molecular flexibility index (Phi) is 7.45. The molecule has 1 fully saturated rings. The molecule has 1 aromatic carbocycles. The number of nitrogens with zero attached hydrogens (tertiary/aromatic N) is 4. The normalized spacial score (nSPS) is 18.5. The molecule has 0 bridgehead atoms. The first-order valence-corrected chi connectivity index (χ1v) is 11.7. The van der Waals surface area contributed by atoms with Crippen LogP contribution < -0.4 is 5.32 Å². The van der Waals surface area contributed by atoms with E-state index in [2.05, 4.69) is 15.3 Å². The average molecular weight is 529 g/mol. The number of fused-ring (bicyclic) bond motifs is 1. The van der Waals surface area contributed by atoms with Crippen LogP contribution in [0.15, 0.2) is 24.3 Å². The first-order valence-electron chi connectivity index (χ1n) is 11.7. The number of likely N-dealkylation sites (tertiary alicyclic amines) is 1. The molecule has 3 heterocycles. The maximum Gasteiger partial charge on any atom is 0.433 e. The summed E-state index contributed by atoms with van der Waals surface area (Å²) in [6.45, 7) is -1.07. The summed E-state index contributed by atoms with van der Waals surface area (Å²) in [7, 11) is 1.53. The van der Waals surface area contributed by atoms with E-state index < -0.39 is 54.4 Å². The van der Waals surface area contributed by atoms with Crippen molar-refractivity contribution in [3.63, 3.8) is 0 Å². The zero-order valence-corrected chi connectivity index (χ0v) is 19.9. The van der Waals surface area contributed by atoms with Gasteiger partial charge in [0.1, 0.15) is 5.82 Å².